The lowest BCUT2D eigenvalue weighted by Gasteiger charge is -2.31. The first-order valence-corrected chi connectivity index (χ1v) is 29.4. The summed E-state index contributed by atoms with van der Waals surface area (Å²) in [6.07, 6.45) is 61.1. The normalized spacial score (nSPS) is 13.6. The molecule has 362 valence electrons. The van der Waals surface area contributed by atoms with E-state index in [1.165, 1.54) is 238 Å². The molecule has 0 aliphatic carbocycles. The second-order valence-electron chi connectivity index (χ2n) is 19.8. The molecular formula is C55H111FO3S. The molecule has 0 bridgehead atoms. The Morgan fingerprint density at radius 2 is 0.483 bits per heavy atom. The molecule has 0 heterocycles. The quantitative estimate of drug-likeness (QED) is 0.0489. The Kier molecular flexibility index (Phi) is 46.7. The first kappa shape index (κ1) is 59.8. The summed E-state index contributed by atoms with van der Waals surface area (Å²) in [7, 11) is -4.79. The maximum Gasteiger partial charge on any atom is 0.300 e. The molecule has 0 rings (SSSR count). The summed E-state index contributed by atoms with van der Waals surface area (Å²) in [6.45, 7) is 6.81. The van der Waals surface area contributed by atoms with Crippen LogP contribution in [0.15, 0.2) is 0 Å². The van der Waals surface area contributed by atoms with Gasteiger partial charge in [0.15, 0.2) is 0 Å². The first-order valence-electron chi connectivity index (χ1n) is 28.0. The summed E-state index contributed by atoms with van der Waals surface area (Å²) < 4.78 is 52.5. The number of halogens is 1. The fourth-order valence-corrected chi connectivity index (χ4v) is 10.8. The van der Waals surface area contributed by atoms with Crippen LogP contribution in [0.5, 0.6) is 0 Å². The average Bonchev–Trinajstić information content (AvgIpc) is 3.23. The first-order chi connectivity index (χ1) is 29.3. The third kappa shape index (κ3) is 39.4. The SMILES string of the molecule is CCCCCCCCCCCCCCCCCCCCCCCC(CCCCCCCCCCCCCCCCCCC)C(F)(CCCCCCCCCCC)S(=O)(=O)O. The van der Waals surface area contributed by atoms with Gasteiger partial charge < -0.3 is 0 Å². The molecule has 0 fully saturated rings. The van der Waals surface area contributed by atoms with Gasteiger partial charge in [0.2, 0.25) is 5.00 Å². The fourth-order valence-electron chi connectivity index (χ4n) is 9.73. The molecule has 5 heteroatoms. The highest BCUT2D eigenvalue weighted by atomic mass is 32.2. The number of unbranched alkanes of at least 4 members (excludes halogenated alkanes) is 44. The molecule has 0 aromatic heterocycles. The lowest BCUT2D eigenvalue weighted by molar-refractivity contribution is 0.123. The Morgan fingerprint density at radius 1 is 0.317 bits per heavy atom. The van der Waals surface area contributed by atoms with Crippen LogP contribution < -0.4 is 0 Å². The molecule has 3 nitrogen and oxygen atoms in total. The molecule has 0 radical (unpaired) electrons. The molecule has 0 spiro atoms. The predicted molar refractivity (Wildman–Crippen MR) is 267 cm³/mol. The Hall–Kier alpha value is -0.160. The summed E-state index contributed by atoms with van der Waals surface area (Å²) in [5.41, 5.74) is 0. The van der Waals surface area contributed by atoms with Gasteiger partial charge in [-0.2, -0.15) is 8.42 Å². The van der Waals surface area contributed by atoms with Gasteiger partial charge in [0.1, 0.15) is 0 Å². The highest BCUT2D eigenvalue weighted by Crippen LogP contribution is 2.40. The van der Waals surface area contributed by atoms with Crippen LogP contribution >= 0.6 is 0 Å². The zero-order valence-corrected chi connectivity index (χ0v) is 42.3. The molecule has 2 unspecified atom stereocenters. The van der Waals surface area contributed by atoms with E-state index in [9.17, 15) is 13.0 Å². The lowest BCUT2D eigenvalue weighted by Crippen LogP contribution is -2.41. The van der Waals surface area contributed by atoms with E-state index < -0.39 is 21.0 Å². The third-order valence-corrected chi connectivity index (χ3v) is 15.4. The van der Waals surface area contributed by atoms with Crippen molar-refractivity contribution in [1.82, 2.24) is 0 Å². The van der Waals surface area contributed by atoms with Crippen LogP contribution in [0.2, 0.25) is 0 Å². The molecule has 0 aliphatic heterocycles. The van der Waals surface area contributed by atoms with Gasteiger partial charge in [-0.1, -0.05) is 316 Å². The van der Waals surface area contributed by atoms with Crippen LogP contribution in [0.1, 0.15) is 342 Å². The van der Waals surface area contributed by atoms with Gasteiger partial charge in [0.05, 0.1) is 0 Å². The smallest absolute Gasteiger partial charge is 0.283 e. The number of alkyl halides is 1. The molecular weight excluding hydrogens is 760 g/mol. The van der Waals surface area contributed by atoms with Crippen molar-refractivity contribution in [2.45, 2.75) is 347 Å². The molecule has 2 atom stereocenters. The van der Waals surface area contributed by atoms with E-state index >= 15 is 4.39 Å². The summed E-state index contributed by atoms with van der Waals surface area (Å²) in [4.78, 5) is 0. The maximum absolute atomic E-state index is 16.7. The van der Waals surface area contributed by atoms with Crippen molar-refractivity contribution in [1.29, 1.82) is 0 Å². The minimum absolute atomic E-state index is 0.0510. The van der Waals surface area contributed by atoms with Crippen molar-refractivity contribution in [2.75, 3.05) is 0 Å². The second kappa shape index (κ2) is 46.8. The molecule has 0 saturated carbocycles. The van der Waals surface area contributed by atoms with Crippen LogP contribution in [0, 0.1) is 5.92 Å². The van der Waals surface area contributed by atoms with Gasteiger partial charge in [-0.3, -0.25) is 4.55 Å². The minimum Gasteiger partial charge on any atom is -0.283 e. The van der Waals surface area contributed by atoms with Gasteiger partial charge in [-0.15, -0.1) is 0 Å². The molecule has 0 aromatic rings. The zero-order chi connectivity index (χ0) is 43.9. The summed E-state index contributed by atoms with van der Waals surface area (Å²) in [5, 5.41) is -2.50. The number of rotatable bonds is 52. The van der Waals surface area contributed by atoms with Gasteiger partial charge in [-0.25, -0.2) is 4.39 Å². The van der Waals surface area contributed by atoms with E-state index in [4.69, 9.17) is 0 Å². The van der Waals surface area contributed by atoms with Crippen LogP contribution in [0.25, 0.3) is 0 Å². The van der Waals surface area contributed by atoms with Crippen molar-refractivity contribution in [3.8, 4) is 0 Å². The largest absolute Gasteiger partial charge is 0.300 e. The van der Waals surface area contributed by atoms with Crippen LogP contribution in [0.3, 0.4) is 0 Å². The summed E-state index contributed by atoms with van der Waals surface area (Å²) >= 11 is 0. The lowest BCUT2D eigenvalue weighted by atomic mass is 9.87. The molecule has 0 aliphatic rings. The highest BCUT2D eigenvalue weighted by molar-refractivity contribution is 7.87. The third-order valence-electron chi connectivity index (χ3n) is 14.0. The Labute approximate surface area is 378 Å². The second-order valence-corrected chi connectivity index (χ2v) is 21.5. The van der Waals surface area contributed by atoms with Gasteiger partial charge in [0.25, 0.3) is 0 Å². The molecule has 0 aromatic carbocycles. The van der Waals surface area contributed by atoms with E-state index in [-0.39, 0.29) is 6.42 Å². The van der Waals surface area contributed by atoms with Gasteiger partial charge in [-0.05, 0) is 25.7 Å². The topological polar surface area (TPSA) is 54.4 Å². The highest BCUT2D eigenvalue weighted by Gasteiger charge is 2.49. The monoisotopic (exact) mass is 871 g/mol. The van der Waals surface area contributed by atoms with Gasteiger partial charge in [0, 0.05) is 5.92 Å². The fraction of sp³-hybridized carbons (Fsp3) is 1.00. The van der Waals surface area contributed by atoms with Crippen molar-refractivity contribution < 1.29 is 17.4 Å². The van der Waals surface area contributed by atoms with Crippen molar-refractivity contribution in [3.05, 3.63) is 0 Å². The van der Waals surface area contributed by atoms with Gasteiger partial charge >= 0.3 is 10.1 Å². The van der Waals surface area contributed by atoms with Crippen LogP contribution in [0.4, 0.5) is 4.39 Å². The van der Waals surface area contributed by atoms with Crippen molar-refractivity contribution >= 4 is 10.1 Å². The average molecular weight is 872 g/mol. The summed E-state index contributed by atoms with van der Waals surface area (Å²) in [6, 6.07) is 0. The van der Waals surface area contributed by atoms with Crippen molar-refractivity contribution in [2.24, 2.45) is 5.92 Å². The van der Waals surface area contributed by atoms with E-state index in [1.54, 1.807) is 0 Å². The van der Waals surface area contributed by atoms with Crippen molar-refractivity contribution in [3.63, 3.8) is 0 Å². The Morgan fingerprint density at radius 3 is 0.667 bits per heavy atom. The molecule has 0 amide bonds. The maximum atomic E-state index is 16.7. The zero-order valence-electron chi connectivity index (χ0n) is 41.5. The number of hydrogen-bond acceptors (Lipinski definition) is 2. The minimum atomic E-state index is -4.79. The van der Waals surface area contributed by atoms with Crippen LogP contribution in [-0.4, -0.2) is 18.0 Å². The Bertz CT molecular complexity index is 925. The standard InChI is InChI=1S/C55H111FO3S/c1-4-7-10-13-16-19-21-23-25-27-28-29-30-32-34-36-38-40-43-46-49-52-54(55(56,60(57,58)59)53-50-47-44-41-18-15-12-9-6-3)51-48-45-42-39-37-35-33-31-26-24-22-20-17-14-11-8-5-2/h54H,4-53H2,1-3H3,(H,57,58,59). The van der Waals surface area contributed by atoms with E-state index in [1.807, 2.05) is 0 Å². The molecule has 60 heavy (non-hydrogen) atoms. The summed E-state index contributed by atoms with van der Waals surface area (Å²) in [5.74, 6) is -0.599. The van der Waals surface area contributed by atoms with E-state index in [2.05, 4.69) is 20.8 Å². The van der Waals surface area contributed by atoms with Crippen LogP contribution in [-0.2, 0) is 10.1 Å². The van der Waals surface area contributed by atoms with E-state index in [0.717, 1.165) is 57.8 Å². The predicted octanol–water partition coefficient (Wildman–Crippen LogP) is 20.7. The van der Waals surface area contributed by atoms with E-state index in [0.29, 0.717) is 19.3 Å². The Balaban J connectivity index is 4.40. The molecule has 1 N–H and O–H groups in total. The molecule has 0 saturated heterocycles. The number of hydrogen-bond donors (Lipinski definition) is 1.